The molecule has 0 aromatic carbocycles. The van der Waals surface area contributed by atoms with Crippen molar-refractivity contribution in [3.8, 4) is 0 Å². The minimum Gasteiger partial charge on any atom is -0.393 e. The van der Waals surface area contributed by atoms with Crippen LogP contribution in [-0.4, -0.2) is 22.9 Å². The molecule has 1 heterocycles. The normalized spacial score (nSPS) is 9.50. The van der Waals surface area contributed by atoms with Gasteiger partial charge in [0.15, 0.2) is 0 Å². The quantitative estimate of drug-likeness (QED) is 0.745. The molecular formula is C9H11N3OS. The summed E-state index contributed by atoms with van der Waals surface area (Å²) in [4.78, 5) is 17.1. The second-order valence-corrected chi connectivity index (χ2v) is 3.31. The second-order valence-electron chi connectivity index (χ2n) is 2.78. The van der Waals surface area contributed by atoms with Gasteiger partial charge in [0.2, 0.25) is 5.91 Å². The van der Waals surface area contributed by atoms with Crippen LogP contribution in [0.4, 0.5) is 5.82 Å². The fraction of sp³-hybridized carbons (Fsp3) is 0.222. The van der Waals surface area contributed by atoms with E-state index in [4.69, 9.17) is 5.73 Å². The third-order valence-electron chi connectivity index (χ3n) is 1.69. The highest BCUT2D eigenvalue weighted by atomic mass is 32.1. The number of amides is 1. The van der Waals surface area contributed by atoms with Crippen molar-refractivity contribution < 1.29 is 4.79 Å². The standard InChI is InChI=1S/C9H11N3OS/c1-12(9(13)6-7(10)14)8-4-2-3-5-11-8/h2-5H,6H2,1H3,(H2,10,14). The van der Waals surface area contributed by atoms with Crippen LogP contribution in [0.2, 0.25) is 0 Å². The Labute approximate surface area is 87.7 Å². The highest BCUT2D eigenvalue weighted by Crippen LogP contribution is 2.07. The first-order chi connectivity index (χ1) is 6.61. The molecular weight excluding hydrogens is 198 g/mol. The number of nitrogens with two attached hydrogens (primary N) is 1. The van der Waals surface area contributed by atoms with Gasteiger partial charge in [-0.25, -0.2) is 4.98 Å². The molecule has 1 amide bonds. The lowest BCUT2D eigenvalue weighted by Gasteiger charge is -2.15. The molecule has 0 unspecified atom stereocenters. The number of thiocarbonyl (C=S) groups is 1. The number of nitrogens with zero attached hydrogens (tertiary/aromatic N) is 2. The molecule has 1 rings (SSSR count). The van der Waals surface area contributed by atoms with E-state index in [1.54, 1.807) is 25.4 Å². The third-order valence-corrected chi connectivity index (χ3v) is 1.84. The summed E-state index contributed by atoms with van der Waals surface area (Å²) in [6.45, 7) is 0. The van der Waals surface area contributed by atoms with Crippen LogP contribution < -0.4 is 10.6 Å². The Hall–Kier alpha value is -1.49. The Kier molecular flexibility index (Phi) is 3.53. The van der Waals surface area contributed by atoms with Gasteiger partial charge in [-0.3, -0.25) is 9.69 Å². The van der Waals surface area contributed by atoms with Crippen molar-refractivity contribution in [1.82, 2.24) is 4.98 Å². The van der Waals surface area contributed by atoms with E-state index in [-0.39, 0.29) is 17.3 Å². The zero-order valence-electron chi connectivity index (χ0n) is 7.80. The van der Waals surface area contributed by atoms with Gasteiger partial charge in [0.25, 0.3) is 0 Å². The maximum atomic E-state index is 11.5. The van der Waals surface area contributed by atoms with E-state index in [0.29, 0.717) is 5.82 Å². The number of hydrogen-bond donors (Lipinski definition) is 1. The average Bonchev–Trinajstić information content (AvgIpc) is 2.17. The van der Waals surface area contributed by atoms with E-state index >= 15 is 0 Å². The van der Waals surface area contributed by atoms with Crippen molar-refractivity contribution in [2.24, 2.45) is 5.73 Å². The molecule has 0 aliphatic rings. The molecule has 0 aliphatic carbocycles. The van der Waals surface area contributed by atoms with Gasteiger partial charge in [0.05, 0.1) is 11.4 Å². The van der Waals surface area contributed by atoms with Gasteiger partial charge < -0.3 is 5.73 Å². The third kappa shape index (κ3) is 2.77. The SMILES string of the molecule is CN(C(=O)CC(N)=S)c1ccccn1. The van der Waals surface area contributed by atoms with Crippen LogP contribution in [0.15, 0.2) is 24.4 Å². The molecule has 2 N–H and O–H groups in total. The number of hydrogen-bond acceptors (Lipinski definition) is 3. The van der Waals surface area contributed by atoms with Crippen LogP contribution in [0.1, 0.15) is 6.42 Å². The number of aromatic nitrogens is 1. The minimum atomic E-state index is -0.156. The van der Waals surface area contributed by atoms with Crippen molar-refractivity contribution in [3.63, 3.8) is 0 Å². The molecule has 0 saturated heterocycles. The fourth-order valence-electron chi connectivity index (χ4n) is 0.948. The molecule has 0 radical (unpaired) electrons. The highest BCUT2D eigenvalue weighted by Gasteiger charge is 2.11. The summed E-state index contributed by atoms with van der Waals surface area (Å²) in [6.07, 6.45) is 1.70. The predicted octanol–water partition coefficient (Wildman–Crippen LogP) is 0.721. The summed E-state index contributed by atoms with van der Waals surface area (Å²) in [6, 6.07) is 5.35. The molecule has 0 aliphatic heterocycles. The van der Waals surface area contributed by atoms with Gasteiger partial charge in [-0.15, -0.1) is 0 Å². The molecule has 0 saturated carbocycles. The molecule has 4 nitrogen and oxygen atoms in total. The Morgan fingerprint density at radius 3 is 2.86 bits per heavy atom. The molecule has 0 bridgehead atoms. The largest absolute Gasteiger partial charge is 0.393 e. The van der Waals surface area contributed by atoms with Crippen LogP contribution in [0.3, 0.4) is 0 Å². The first-order valence-electron chi connectivity index (χ1n) is 4.07. The number of carbonyl (C=O) groups is 1. The van der Waals surface area contributed by atoms with E-state index in [2.05, 4.69) is 17.2 Å². The van der Waals surface area contributed by atoms with E-state index in [0.717, 1.165) is 0 Å². The van der Waals surface area contributed by atoms with E-state index in [1.807, 2.05) is 6.07 Å². The van der Waals surface area contributed by atoms with E-state index in [9.17, 15) is 4.79 Å². The Morgan fingerprint density at radius 2 is 2.36 bits per heavy atom. The summed E-state index contributed by atoms with van der Waals surface area (Å²) in [5, 5.41) is 0. The lowest BCUT2D eigenvalue weighted by Crippen LogP contribution is -2.30. The molecule has 1 aromatic heterocycles. The zero-order chi connectivity index (χ0) is 10.6. The van der Waals surface area contributed by atoms with Gasteiger partial charge in [-0.05, 0) is 12.1 Å². The predicted molar refractivity (Wildman–Crippen MR) is 59.0 cm³/mol. The van der Waals surface area contributed by atoms with Gasteiger partial charge in [-0.2, -0.15) is 0 Å². The Bertz CT molecular complexity index is 339. The van der Waals surface area contributed by atoms with Gasteiger partial charge in [0, 0.05) is 13.2 Å². The van der Waals surface area contributed by atoms with Crippen LogP contribution in [0.25, 0.3) is 0 Å². The Morgan fingerprint density at radius 1 is 1.64 bits per heavy atom. The first kappa shape index (κ1) is 10.6. The highest BCUT2D eigenvalue weighted by molar-refractivity contribution is 7.80. The van der Waals surface area contributed by atoms with E-state index in [1.165, 1.54) is 4.90 Å². The minimum absolute atomic E-state index is 0.0718. The number of pyridine rings is 1. The van der Waals surface area contributed by atoms with Crippen molar-refractivity contribution >= 4 is 28.9 Å². The van der Waals surface area contributed by atoms with Crippen LogP contribution in [0, 0.1) is 0 Å². The lowest BCUT2D eigenvalue weighted by atomic mass is 10.3. The van der Waals surface area contributed by atoms with Crippen molar-refractivity contribution in [3.05, 3.63) is 24.4 Å². The summed E-state index contributed by atoms with van der Waals surface area (Å²) in [5.41, 5.74) is 5.27. The first-order valence-corrected chi connectivity index (χ1v) is 4.48. The summed E-state index contributed by atoms with van der Waals surface area (Å²) in [5.74, 6) is 0.435. The van der Waals surface area contributed by atoms with Crippen LogP contribution >= 0.6 is 12.2 Å². The molecule has 5 heteroatoms. The second kappa shape index (κ2) is 4.66. The van der Waals surface area contributed by atoms with Crippen LogP contribution in [-0.2, 0) is 4.79 Å². The summed E-state index contributed by atoms with van der Waals surface area (Å²) in [7, 11) is 1.64. The molecule has 0 atom stereocenters. The zero-order valence-corrected chi connectivity index (χ0v) is 8.62. The molecule has 74 valence electrons. The Balaban J connectivity index is 2.71. The van der Waals surface area contributed by atoms with Crippen LogP contribution in [0.5, 0.6) is 0 Å². The summed E-state index contributed by atoms with van der Waals surface area (Å²) < 4.78 is 0. The average molecular weight is 209 g/mol. The van der Waals surface area contributed by atoms with E-state index < -0.39 is 0 Å². The summed E-state index contributed by atoms with van der Waals surface area (Å²) >= 11 is 4.65. The molecule has 14 heavy (non-hydrogen) atoms. The van der Waals surface area contributed by atoms with Gasteiger partial charge in [0.1, 0.15) is 5.82 Å². The van der Waals surface area contributed by atoms with Gasteiger partial charge >= 0.3 is 0 Å². The van der Waals surface area contributed by atoms with Crippen molar-refractivity contribution in [2.45, 2.75) is 6.42 Å². The monoisotopic (exact) mass is 209 g/mol. The fourth-order valence-corrected chi connectivity index (χ4v) is 1.07. The lowest BCUT2D eigenvalue weighted by molar-refractivity contribution is -0.117. The van der Waals surface area contributed by atoms with Crippen molar-refractivity contribution in [2.75, 3.05) is 11.9 Å². The number of rotatable bonds is 3. The number of anilines is 1. The maximum absolute atomic E-state index is 11.5. The molecule has 0 spiro atoms. The number of carbonyl (C=O) groups excluding carboxylic acids is 1. The smallest absolute Gasteiger partial charge is 0.234 e. The van der Waals surface area contributed by atoms with Gasteiger partial charge in [-0.1, -0.05) is 18.3 Å². The van der Waals surface area contributed by atoms with Crippen molar-refractivity contribution in [1.29, 1.82) is 0 Å². The topological polar surface area (TPSA) is 59.2 Å². The molecule has 0 fully saturated rings. The maximum Gasteiger partial charge on any atom is 0.234 e. The molecule has 1 aromatic rings.